The molecule has 0 spiro atoms. The molecule has 0 aliphatic heterocycles. The van der Waals surface area contributed by atoms with E-state index in [0.717, 1.165) is 30.4 Å². The maximum absolute atomic E-state index is 13.1. The Morgan fingerprint density at radius 2 is 2.18 bits per heavy atom. The van der Waals surface area contributed by atoms with E-state index >= 15 is 0 Å². The molecule has 0 radical (unpaired) electrons. The van der Waals surface area contributed by atoms with Crippen molar-refractivity contribution < 1.29 is 9.50 Å². The van der Waals surface area contributed by atoms with Crippen molar-refractivity contribution in [2.75, 3.05) is 0 Å². The zero-order valence-electron chi connectivity index (χ0n) is 10.2. The summed E-state index contributed by atoms with van der Waals surface area (Å²) in [6.07, 6.45) is 6.99. The first-order valence-corrected chi connectivity index (χ1v) is 6.24. The van der Waals surface area contributed by atoms with Gasteiger partial charge < -0.3 is 5.11 Å². The molecule has 0 bridgehead atoms. The van der Waals surface area contributed by atoms with Gasteiger partial charge in [0.1, 0.15) is 5.82 Å². The molecule has 1 aliphatic carbocycles. The first kappa shape index (κ1) is 12.3. The van der Waals surface area contributed by atoms with Gasteiger partial charge in [0.2, 0.25) is 0 Å². The van der Waals surface area contributed by atoms with Crippen LogP contribution in [0.4, 0.5) is 4.39 Å². The van der Waals surface area contributed by atoms with Crippen molar-refractivity contribution in [2.24, 2.45) is 0 Å². The van der Waals surface area contributed by atoms with E-state index in [-0.39, 0.29) is 5.82 Å². The van der Waals surface area contributed by atoms with Crippen LogP contribution >= 0.6 is 0 Å². The van der Waals surface area contributed by atoms with E-state index in [1.807, 2.05) is 13.0 Å². The number of benzene rings is 1. The van der Waals surface area contributed by atoms with Crippen LogP contribution in [0.2, 0.25) is 0 Å². The van der Waals surface area contributed by atoms with Crippen LogP contribution in [0.25, 0.3) is 0 Å². The molecule has 17 heavy (non-hydrogen) atoms. The lowest BCUT2D eigenvalue weighted by Crippen LogP contribution is -2.30. The highest BCUT2D eigenvalue weighted by molar-refractivity contribution is 5.25. The van der Waals surface area contributed by atoms with Gasteiger partial charge in [-0.05, 0) is 55.9 Å². The maximum Gasteiger partial charge on any atom is 0.123 e. The SMILES string of the molecule is CC(O)(Cc1cccc(F)c1)C1=CCCCC1. The Kier molecular flexibility index (Phi) is 3.63. The van der Waals surface area contributed by atoms with Crippen molar-refractivity contribution in [3.63, 3.8) is 0 Å². The lowest BCUT2D eigenvalue weighted by molar-refractivity contribution is 0.0932. The molecule has 2 heteroatoms. The minimum absolute atomic E-state index is 0.240. The molecular formula is C15H19FO. The minimum Gasteiger partial charge on any atom is -0.385 e. The second-order valence-corrected chi connectivity index (χ2v) is 5.06. The third kappa shape index (κ3) is 3.16. The van der Waals surface area contributed by atoms with Crippen molar-refractivity contribution in [3.8, 4) is 0 Å². The maximum atomic E-state index is 13.1. The zero-order chi connectivity index (χ0) is 12.3. The van der Waals surface area contributed by atoms with Gasteiger partial charge >= 0.3 is 0 Å². The molecule has 1 aliphatic rings. The topological polar surface area (TPSA) is 20.2 Å². The fourth-order valence-electron chi connectivity index (χ4n) is 2.49. The molecule has 0 amide bonds. The number of hydrogen-bond donors (Lipinski definition) is 1. The lowest BCUT2D eigenvalue weighted by Gasteiger charge is -2.29. The van der Waals surface area contributed by atoms with Crippen molar-refractivity contribution in [1.82, 2.24) is 0 Å². The Morgan fingerprint density at radius 3 is 2.82 bits per heavy atom. The number of rotatable bonds is 3. The molecule has 1 N–H and O–H groups in total. The summed E-state index contributed by atoms with van der Waals surface area (Å²) in [5, 5.41) is 10.5. The Morgan fingerprint density at radius 1 is 1.35 bits per heavy atom. The Hall–Kier alpha value is -1.15. The molecule has 1 nitrogen and oxygen atoms in total. The first-order chi connectivity index (χ1) is 8.08. The van der Waals surface area contributed by atoms with Crippen LogP contribution in [-0.4, -0.2) is 10.7 Å². The van der Waals surface area contributed by atoms with Crippen LogP contribution < -0.4 is 0 Å². The first-order valence-electron chi connectivity index (χ1n) is 6.24. The van der Waals surface area contributed by atoms with Crippen molar-refractivity contribution in [1.29, 1.82) is 0 Å². The van der Waals surface area contributed by atoms with Crippen molar-refractivity contribution >= 4 is 0 Å². The molecule has 2 rings (SSSR count). The summed E-state index contributed by atoms with van der Waals surface area (Å²) in [5.74, 6) is -0.240. The average Bonchev–Trinajstić information content (AvgIpc) is 2.29. The van der Waals surface area contributed by atoms with E-state index in [0.29, 0.717) is 6.42 Å². The van der Waals surface area contributed by atoms with E-state index in [1.54, 1.807) is 6.07 Å². The van der Waals surface area contributed by atoms with Gasteiger partial charge in [-0.15, -0.1) is 0 Å². The van der Waals surface area contributed by atoms with E-state index in [4.69, 9.17) is 0 Å². The Bertz CT molecular complexity index is 421. The summed E-state index contributed by atoms with van der Waals surface area (Å²) in [5.41, 5.74) is 1.11. The molecule has 1 atom stereocenters. The molecule has 92 valence electrons. The third-order valence-electron chi connectivity index (χ3n) is 3.42. The number of allylic oxidation sites excluding steroid dienone is 1. The van der Waals surface area contributed by atoms with Crippen molar-refractivity contribution in [3.05, 3.63) is 47.3 Å². The molecule has 0 aromatic heterocycles. The lowest BCUT2D eigenvalue weighted by atomic mass is 9.83. The predicted octanol–water partition coefficient (Wildman–Crippen LogP) is 3.62. The highest BCUT2D eigenvalue weighted by atomic mass is 19.1. The van der Waals surface area contributed by atoms with Gasteiger partial charge in [-0.2, -0.15) is 0 Å². The Labute approximate surface area is 102 Å². The van der Waals surface area contributed by atoms with E-state index in [9.17, 15) is 9.50 Å². The summed E-state index contributed by atoms with van der Waals surface area (Å²) in [6.45, 7) is 1.83. The molecule has 0 saturated carbocycles. The molecule has 1 unspecified atom stereocenters. The summed E-state index contributed by atoms with van der Waals surface area (Å²) in [7, 11) is 0. The molecule has 0 fully saturated rings. The van der Waals surface area contributed by atoms with Crippen LogP contribution in [0, 0.1) is 5.82 Å². The van der Waals surface area contributed by atoms with Crippen LogP contribution in [0.3, 0.4) is 0 Å². The van der Waals surface area contributed by atoms with Gasteiger partial charge in [-0.25, -0.2) is 4.39 Å². The third-order valence-corrected chi connectivity index (χ3v) is 3.42. The predicted molar refractivity (Wildman–Crippen MR) is 67.3 cm³/mol. The van der Waals surface area contributed by atoms with Gasteiger partial charge in [0.25, 0.3) is 0 Å². The highest BCUT2D eigenvalue weighted by Crippen LogP contribution is 2.30. The van der Waals surface area contributed by atoms with Gasteiger partial charge in [-0.1, -0.05) is 18.2 Å². The quantitative estimate of drug-likeness (QED) is 0.792. The van der Waals surface area contributed by atoms with Crippen LogP contribution in [0.1, 0.15) is 38.2 Å². The fraction of sp³-hybridized carbons (Fsp3) is 0.467. The minimum atomic E-state index is -0.839. The largest absolute Gasteiger partial charge is 0.385 e. The van der Waals surface area contributed by atoms with Gasteiger partial charge in [0.15, 0.2) is 0 Å². The molecule has 0 saturated heterocycles. The van der Waals surface area contributed by atoms with Crippen LogP contribution in [0.5, 0.6) is 0 Å². The highest BCUT2D eigenvalue weighted by Gasteiger charge is 2.26. The smallest absolute Gasteiger partial charge is 0.123 e. The number of aliphatic hydroxyl groups is 1. The summed E-state index contributed by atoms with van der Waals surface area (Å²) in [4.78, 5) is 0. The van der Waals surface area contributed by atoms with E-state index in [2.05, 4.69) is 6.08 Å². The molecule has 1 aromatic rings. The fourth-order valence-corrected chi connectivity index (χ4v) is 2.49. The zero-order valence-corrected chi connectivity index (χ0v) is 10.2. The number of halogens is 1. The Balaban J connectivity index is 2.13. The standard InChI is InChI=1S/C15H19FO/c1-15(17,13-7-3-2-4-8-13)11-12-6-5-9-14(16)10-12/h5-7,9-10,17H,2-4,8,11H2,1H3. The monoisotopic (exact) mass is 234 g/mol. The van der Waals surface area contributed by atoms with Crippen molar-refractivity contribution in [2.45, 2.75) is 44.6 Å². The molecule has 0 heterocycles. The second kappa shape index (κ2) is 5.01. The van der Waals surface area contributed by atoms with Gasteiger partial charge in [-0.3, -0.25) is 0 Å². The van der Waals surface area contributed by atoms with Crippen LogP contribution in [0.15, 0.2) is 35.9 Å². The summed E-state index contributed by atoms with van der Waals surface area (Å²) < 4.78 is 13.1. The van der Waals surface area contributed by atoms with Gasteiger partial charge in [0, 0.05) is 6.42 Å². The molecular weight excluding hydrogens is 215 g/mol. The average molecular weight is 234 g/mol. The summed E-state index contributed by atoms with van der Waals surface area (Å²) >= 11 is 0. The van der Waals surface area contributed by atoms with Crippen LogP contribution in [-0.2, 0) is 6.42 Å². The second-order valence-electron chi connectivity index (χ2n) is 5.06. The summed E-state index contributed by atoms with van der Waals surface area (Å²) in [6, 6.07) is 6.48. The normalized spacial score (nSPS) is 19.6. The van der Waals surface area contributed by atoms with Gasteiger partial charge in [0.05, 0.1) is 5.60 Å². The number of hydrogen-bond acceptors (Lipinski definition) is 1. The van der Waals surface area contributed by atoms with E-state index < -0.39 is 5.60 Å². The molecule has 1 aromatic carbocycles. The van der Waals surface area contributed by atoms with E-state index in [1.165, 1.54) is 18.6 Å².